The largest absolute Gasteiger partial charge is 0.481 e. The van der Waals surface area contributed by atoms with Crippen LogP contribution in [0.3, 0.4) is 0 Å². The van der Waals surface area contributed by atoms with Crippen LogP contribution in [0.4, 0.5) is 4.79 Å². The first kappa shape index (κ1) is 21.2. The molecule has 1 aromatic carbocycles. The molecule has 6 nitrogen and oxygen atoms in total. The first-order chi connectivity index (χ1) is 12.5. The summed E-state index contributed by atoms with van der Waals surface area (Å²) in [6, 6.07) is 9.24. The fraction of sp³-hybridized carbons (Fsp3) is 0.619. The van der Waals surface area contributed by atoms with E-state index in [9.17, 15) is 19.8 Å². The van der Waals surface area contributed by atoms with Crippen molar-refractivity contribution in [1.29, 1.82) is 0 Å². The number of carboxylic acids is 1. The minimum Gasteiger partial charge on any atom is -0.481 e. The molecule has 0 saturated carbocycles. The lowest BCUT2D eigenvalue weighted by Gasteiger charge is -2.52. The summed E-state index contributed by atoms with van der Waals surface area (Å²) in [5.74, 6) is -0.994. The number of rotatable bonds is 5. The average Bonchev–Trinajstić information content (AvgIpc) is 2.60. The third-order valence-corrected chi connectivity index (χ3v) is 6.31. The molecule has 1 heterocycles. The highest BCUT2D eigenvalue weighted by molar-refractivity contribution is 5.77. The summed E-state index contributed by atoms with van der Waals surface area (Å²) in [7, 11) is 0. The van der Waals surface area contributed by atoms with E-state index in [0.29, 0.717) is 6.42 Å². The molecule has 0 aliphatic carbocycles. The van der Waals surface area contributed by atoms with Gasteiger partial charge in [-0.05, 0) is 30.2 Å². The number of hydrogen-bond donors (Lipinski definition) is 3. The zero-order valence-electron chi connectivity index (χ0n) is 16.9. The molecule has 0 radical (unpaired) electrons. The quantitative estimate of drug-likeness (QED) is 0.726. The van der Waals surface area contributed by atoms with E-state index in [2.05, 4.69) is 5.32 Å². The molecule has 6 heteroatoms. The maximum absolute atomic E-state index is 12.6. The fourth-order valence-corrected chi connectivity index (χ4v) is 4.22. The van der Waals surface area contributed by atoms with E-state index >= 15 is 0 Å². The lowest BCUT2D eigenvalue weighted by atomic mass is 9.58. The SMILES string of the molecule is CC(NC1CN(C(=O)O)CCC1(C(=O)O)C(C)C(C)(C)C)c1ccccc1. The van der Waals surface area contributed by atoms with Crippen LogP contribution in [0, 0.1) is 16.7 Å². The van der Waals surface area contributed by atoms with E-state index in [1.807, 2.05) is 65.0 Å². The third kappa shape index (κ3) is 4.26. The number of carbonyl (C=O) groups is 2. The molecule has 2 rings (SSSR count). The zero-order valence-corrected chi connectivity index (χ0v) is 16.9. The van der Waals surface area contributed by atoms with E-state index in [0.717, 1.165) is 5.56 Å². The second kappa shape index (κ2) is 7.89. The van der Waals surface area contributed by atoms with E-state index in [-0.39, 0.29) is 30.5 Å². The van der Waals surface area contributed by atoms with Gasteiger partial charge in [0.25, 0.3) is 0 Å². The van der Waals surface area contributed by atoms with Gasteiger partial charge in [-0.1, -0.05) is 58.0 Å². The van der Waals surface area contributed by atoms with Crippen molar-refractivity contribution in [2.24, 2.45) is 16.7 Å². The molecule has 4 unspecified atom stereocenters. The molecule has 1 aliphatic rings. The molecule has 0 spiro atoms. The van der Waals surface area contributed by atoms with Crippen molar-refractivity contribution in [2.45, 2.75) is 53.1 Å². The Morgan fingerprint density at radius 2 is 1.78 bits per heavy atom. The smallest absolute Gasteiger partial charge is 0.407 e. The number of amides is 1. The summed E-state index contributed by atoms with van der Waals surface area (Å²) >= 11 is 0. The van der Waals surface area contributed by atoms with Crippen LogP contribution >= 0.6 is 0 Å². The molecule has 1 saturated heterocycles. The van der Waals surface area contributed by atoms with Crippen molar-refractivity contribution in [2.75, 3.05) is 13.1 Å². The summed E-state index contributed by atoms with van der Waals surface area (Å²) in [5, 5.41) is 23.2. The number of hydrogen-bond acceptors (Lipinski definition) is 3. The lowest BCUT2D eigenvalue weighted by molar-refractivity contribution is -0.163. The van der Waals surface area contributed by atoms with Crippen LogP contribution in [-0.2, 0) is 4.79 Å². The second-order valence-corrected chi connectivity index (χ2v) is 8.76. The van der Waals surface area contributed by atoms with Gasteiger partial charge < -0.3 is 20.4 Å². The zero-order chi connectivity index (χ0) is 20.4. The predicted molar refractivity (Wildman–Crippen MR) is 105 cm³/mol. The van der Waals surface area contributed by atoms with Crippen LogP contribution in [0.2, 0.25) is 0 Å². The molecule has 3 N–H and O–H groups in total. The molecule has 0 bridgehead atoms. The molecule has 1 aliphatic heterocycles. The van der Waals surface area contributed by atoms with Gasteiger partial charge in [0.2, 0.25) is 0 Å². The number of likely N-dealkylation sites (tertiary alicyclic amines) is 1. The summed E-state index contributed by atoms with van der Waals surface area (Å²) in [6.07, 6.45) is -0.705. The summed E-state index contributed by atoms with van der Waals surface area (Å²) in [6.45, 7) is 10.5. The van der Waals surface area contributed by atoms with Crippen molar-refractivity contribution in [3.63, 3.8) is 0 Å². The van der Waals surface area contributed by atoms with Crippen molar-refractivity contribution >= 4 is 12.1 Å². The van der Waals surface area contributed by atoms with E-state index in [1.54, 1.807) is 0 Å². The first-order valence-corrected chi connectivity index (χ1v) is 9.52. The van der Waals surface area contributed by atoms with Crippen molar-refractivity contribution in [3.05, 3.63) is 35.9 Å². The minimum absolute atomic E-state index is 0.0872. The summed E-state index contributed by atoms with van der Waals surface area (Å²) in [4.78, 5) is 25.4. The molecule has 150 valence electrons. The number of benzene rings is 1. The molecule has 0 aromatic heterocycles. The van der Waals surface area contributed by atoms with Crippen LogP contribution in [0.25, 0.3) is 0 Å². The maximum Gasteiger partial charge on any atom is 0.407 e. The van der Waals surface area contributed by atoms with Crippen LogP contribution in [0.15, 0.2) is 30.3 Å². The highest BCUT2D eigenvalue weighted by atomic mass is 16.4. The Kier molecular flexibility index (Phi) is 6.20. The monoisotopic (exact) mass is 376 g/mol. The van der Waals surface area contributed by atoms with Crippen molar-refractivity contribution in [3.8, 4) is 0 Å². The maximum atomic E-state index is 12.6. The predicted octanol–water partition coefficient (Wildman–Crippen LogP) is 3.84. The molecule has 1 aromatic rings. The topological polar surface area (TPSA) is 89.9 Å². The van der Waals surface area contributed by atoms with Crippen LogP contribution in [0.1, 0.15) is 52.6 Å². The van der Waals surface area contributed by atoms with Gasteiger partial charge in [-0.15, -0.1) is 0 Å². The van der Waals surface area contributed by atoms with E-state index in [1.165, 1.54) is 4.90 Å². The summed E-state index contributed by atoms with van der Waals surface area (Å²) in [5.41, 5.74) is -0.208. The molecule has 27 heavy (non-hydrogen) atoms. The van der Waals surface area contributed by atoms with E-state index < -0.39 is 23.5 Å². The van der Waals surface area contributed by atoms with Gasteiger partial charge in [0.1, 0.15) is 0 Å². The van der Waals surface area contributed by atoms with Gasteiger partial charge in [0.15, 0.2) is 0 Å². The Balaban J connectivity index is 2.42. The van der Waals surface area contributed by atoms with Crippen LogP contribution < -0.4 is 5.32 Å². The van der Waals surface area contributed by atoms with Gasteiger partial charge in [-0.3, -0.25) is 4.79 Å². The number of piperidine rings is 1. The van der Waals surface area contributed by atoms with Gasteiger partial charge in [-0.2, -0.15) is 0 Å². The molecule has 4 atom stereocenters. The van der Waals surface area contributed by atoms with Crippen molar-refractivity contribution < 1.29 is 19.8 Å². The number of nitrogens with zero attached hydrogens (tertiary/aromatic N) is 1. The standard InChI is InChI=1S/C21H32N2O4/c1-14(16-9-7-6-8-10-16)22-17-13-23(19(26)27)12-11-21(17,18(24)25)15(2)20(3,4)5/h6-10,14-15,17,22H,11-13H2,1-5H3,(H,24,25)(H,26,27). The molecular weight excluding hydrogens is 344 g/mol. The Morgan fingerprint density at radius 1 is 1.19 bits per heavy atom. The van der Waals surface area contributed by atoms with Gasteiger partial charge in [-0.25, -0.2) is 4.79 Å². The Hall–Kier alpha value is -2.08. The number of aliphatic carboxylic acids is 1. The Morgan fingerprint density at radius 3 is 2.26 bits per heavy atom. The number of carboxylic acid groups (broad SMARTS) is 2. The molecule has 1 fully saturated rings. The average molecular weight is 376 g/mol. The lowest BCUT2D eigenvalue weighted by Crippen LogP contribution is -2.65. The van der Waals surface area contributed by atoms with Crippen LogP contribution in [0.5, 0.6) is 0 Å². The minimum atomic E-state index is -1.03. The van der Waals surface area contributed by atoms with Gasteiger partial charge in [0.05, 0.1) is 5.41 Å². The highest BCUT2D eigenvalue weighted by Gasteiger charge is 2.56. The third-order valence-electron chi connectivity index (χ3n) is 6.31. The highest BCUT2D eigenvalue weighted by Crippen LogP contribution is 2.47. The Labute approximate surface area is 161 Å². The first-order valence-electron chi connectivity index (χ1n) is 9.52. The number of nitrogens with one attached hydrogen (secondary N) is 1. The second-order valence-electron chi connectivity index (χ2n) is 8.76. The normalized spacial score (nSPS) is 25.7. The molecule has 1 amide bonds. The van der Waals surface area contributed by atoms with Crippen molar-refractivity contribution in [1.82, 2.24) is 10.2 Å². The Bertz CT molecular complexity index is 671. The molecular formula is C21H32N2O4. The van der Waals surface area contributed by atoms with Crippen LogP contribution in [-0.4, -0.2) is 46.3 Å². The fourth-order valence-electron chi connectivity index (χ4n) is 4.22. The van der Waals surface area contributed by atoms with Gasteiger partial charge >= 0.3 is 12.1 Å². The summed E-state index contributed by atoms with van der Waals surface area (Å²) < 4.78 is 0. The van der Waals surface area contributed by atoms with Gasteiger partial charge in [0, 0.05) is 25.2 Å². The van der Waals surface area contributed by atoms with E-state index in [4.69, 9.17) is 0 Å².